The van der Waals surface area contributed by atoms with Crippen LogP contribution in [0, 0.1) is 18.8 Å². The molecule has 0 spiro atoms. The van der Waals surface area contributed by atoms with Gasteiger partial charge in [0.15, 0.2) is 0 Å². The number of carbonyl (C=O) groups excluding carboxylic acids is 1. The third-order valence-electron chi connectivity index (χ3n) is 1.96. The summed E-state index contributed by atoms with van der Waals surface area (Å²) in [5, 5.41) is 8.90. The lowest BCUT2D eigenvalue weighted by Gasteiger charge is -2.00. The number of nitrogens with two attached hydrogens (primary N) is 1. The van der Waals surface area contributed by atoms with Crippen LogP contribution >= 0.6 is 0 Å². The highest BCUT2D eigenvalue weighted by Crippen LogP contribution is 2.09. The average molecular weight is 203 g/mol. The summed E-state index contributed by atoms with van der Waals surface area (Å²) in [7, 11) is 0. The predicted octanol–water partition coefficient (Wildman–Crippen LogP) is 0.714. The quantitative estimate of drug-likeness (QED) is 0.695. The van der Waals surface area contributed by atoms with Crippen molar-refractivity contribution in [3.05, 3.63) is 34.9 Å². The molecule has 0 heterocycles. The van der Waals surface area contributed by atoms with E-state index in [2.05, 4.69) is 11.8 Å². The highest BCUT2D eigenvalue weighted by Gasteiger charge is 1.96. The van der Waals surface area contributed by atoms with Crippen molar-refractivity contribution < 1.29 is 9.90 Å². The molecule has 0 aliphatic rings. The first kappa shape index (κ1) is 11.3. The maximum absolute atomic E-state index is 10.5. The molecule has 1 aromatic rings. The molecule has 0 fully saturated rings. The molecule has 1 amide bonds. The second kappa shape index (κ2) is 5.18. The molecule has 1 aromatic carbocycles. The molecule has 1 rings (SSSR count). The minimum absolute atomic E-state index is 0.0236. The van der Waals surface area contributed by atoms with Crippen molar-refractivity contribution in [1.82, 2.24) is 0 Å². The lowest BCUT2D eigenvalue weighted by Crippen LogP contribution is -2.08. The van der Waals surface area contributed by atoms with Crippen molar-refractivity contribution in [2.75, 3.05) is 0 Å². The third-order valence-corrected chi connectivity index (χ3v) is 1.96. The Morgan fingerprint density at radius 1 is 1.53 bits per heavy atom. The molecule has 0 saturated heterocycles. The van der Waals surface area contributed by atoms with E-state index in [1.54, 1.807) is 6.07 Å². The molecule has 3 heteroatoms. The zero-order valence-electron chi connectivity index (χ0n) is 8.58. The molecule has 0 atom stereocenters. The number of carbonyl (C=O) groups is 1. The average Bonchev–Trinajstić information content (AvgIpc) is 2.20. The van der Waals surface area contributed by atoms with Gasteiger partial charge in [-0.1, -0.05) is 24.0 Å². The van der Waals surface area contributed by atoms with Gasteiger partial charge in [-0.2, -0.15) is 0 Å². The van der Waals surface area contributed by atoms with Gasteiger partial charge in [0.1, 0.15) is 0 Å². The first-order chi connectivity index (χ1) is 7.13. The molecule has 0 aliphatic heterocycles. The zero-order valence-corrected chi connectivity index (χ0v) is 8.58. The van der Waals surface area contributed by atoms with Crippen LogP contribution in [0.2, 0.25) is 0 Å². The lowest BCUT2D eigenvalue weighted by atomic mass is 10.1. The second-order valence-electron chi connectivity index (χ2n) is 3.25. The SMILES string of the molecule is Cc1cc(CO)ccc1C#CCC(N)=O. The Morgan fingerprint density at radius 2 is 2.27 bits per heavy atom. The maximum atomic E-state index is 10.5. The van der Waals surface area contributed by atoms with Crippen LogP contribution in [0.1, 0.15) is 23.1 Å². The fourth-order valence-electron chi connectivity index (χ4n) is 1.19. The molecule has 3 N–H and O–H groups in total. The first-order valence-corrected chi connectivity index (χ1v) is 4.61. The van der Waals surface area contributed by atoms with Crippen molar-refractivity contribution >= 4 is 5.91 Å². The monoisotopic (exact) mass is 203 g/mol. The van der Waals surface area contributed by atoms with Gasteiger partial charge < -0.3 is 10.8 Å². The van der Waals surface area contributed by atoms with E-state index in [1.165, 1.54) is 0 Å². The highest BCUT2D eigenvalue weighted by atomic mass is 16.3. The molecule has 15 heavy (non-hydrogen) atoms. The number of aryl methyl sites for hydroxylation is 1. The number of aliphatic hydroxyl groups excluding tert-OH is 1. The van der Waals surface area contributed by atoms with Crippen molar-refractivity contribution in [2.24, 2.45) is 5.73 Å². The number of amides is 1. The Hall–Kier alpha value is -1.79. The van der Waals surface area contributed by atoms with Crippen molar-refractivity contribution in [1.29, 1.82) is 0 Å². The van der Waals surface area contributed by atoms with E-state index in [4.69, 9.17) is 10.8 Å². The van der Waals surface area contributed by atoms with Crippen LogP contribution in [-0.2, 0) is 11.4 Å². The van der Waals surface area contributed by atoms with Gasteiger partial charge >= 0.3 is 0 Å². The fourth-order valence-corrected chi connectivity index (χ4v) is 1.19. The van der Waals surface area contributed by atoms with Crippen LogP contribution in [0.3, 0.4) is 0 Å². The molecule has 0 unspecified atom stereocenters. The van der Waals surface area contributed by atoms with Gasteiger partial charge in [0.25, 0.3) is 0 Å². The van der Waals surface area contributed by atoms with Crippen LogP contribution in [0.25, 0.3) is 0 Å². The maximum Gasteiger partial charge on any atom is 0.229 e. The van der Waals surface area contributed by atoms with Crippen LogP contribution in [-0.4, -0.2) is 11.0 Å². The summed E-state index contributed by atoms with van der Waals surface area (Å²) in [6, 6.07) is 5.50. The number of benzene rings is 1. The predicted molar refractivity (Wildman–Crippen MR) is 57.8 cm³/mol. The molecule has 0 aliphatic carbocycles. The summed E-state index contributed by atoms with van der Waals surface area (Å²) in [6.07, 6.45) is 0.0706. The van der Waals surface area contributed by atoms with E-state index >= 15 is 0 Å². The van der Waals surface area contributed by atoms with Crippen LogP contribution in [0.5, 0.6) is 0 Å². The largest absolute Gasteiger partial charge is 0.392 e. The number of rotatable bonds is 2. The van der Waals surface area contributed by atoms with E-state index in [0.717, 1.165) is 16.7 Å². The smallest absolute Gasteiger partial charge is 0.229 e. The van der Waals surface area contributed by atoms with E-state index in [9.17, 15) is 4.79 Å². The van der Waals surface area contributed by atoms with E-state index < -0.39 is 5.91 Å². The van der Waals surface area contributed by atoms with E-state index in [0.29, 0.717) is 0 Å². The first-order valence-electron chi connectivity index (χ1n) is 4.61. The van der Waals surface area contributed by atoms with E-state index in [1.807, 2.05) is 19.1 Å². The normalized spacial score (nSPS) is 9.20. The number of hydrogen-bond acceptors (Lipinski definition) is 2. The molecule has 0 saturated carbocycles. The van der Waals surface area contributed by atoms with Crippen molar-refractivity contribution in [3.8, 4) is 11.8 Å². The number of hydrogen-bond donors (Lipinski definition) is 2. The summed E-state index contributed by atoms with van der Waals surface area (Å²) in [6.45, 7) is 1.93. The minimum Gasteiger partial charge on any atom is -0.392 e. The topological polar surface area (TPSA) is 63.3 Å². The molecular formula is C12H13NO2. The molecule has 78 valence electrons. The standard InChI is InChI=1S/C12H13NO2/c1-9-7-10(8-14)5-6-11(9)3-2-4-12(13)15/h5-7,14H,4,8H2,1H3,(H2,13,15). The molecule has 0 radical (unpaired) electrons. The van der Waals surface area contributed by atoms with Crippen molar-refractivity contribution in [2.45, 2.75) is 20.0 Å². The van der Waals surface area contributed by atoms with Gasteiger partial charge in [-0.25, -0.2) is 0 Å². The van der Waals surface area contributed by atoms with Crippen LogP contribution in [0.15, 0.2) is 18.2 Å². The Balaban J connectivity index is 2.85. The number of aliphatic hydroxyl groups is 1. The van der Waals surface area contributed by atoms with Gasteiger partial charge in [0, 0.05) is 5.56 Å². The summed E-state index contributed by atoms with van der Waals surface area (Å²) in [5.41, 5.74) is 7.66. The Bertz CT molecular complexity index is 427. The van der Waals surface area contributed by atoms with Gasteiger partial charge in [-0.05, 0) is 24.1 Å². The summed E-state index contributed by atoms with van der Waals surface area (Å²) in [5.74, 6) is 5.13. The number of primary amides is 1. The highest BCUT2D eigenvalue weighted by molar-refractivity contribution is 5.76. The second-order valence-corrected chi connectivity index (χ2v) is 3.25. The Morgan fingerprint density at radius 3 is 2.80 bits per heavy atom. The summed E-state index contributed by atoms with van der Waals surface area (Å²) in [4.78, 5) is 10.5. The van der Waals surface area contributed by atoms with Crippen LogP contribution in [0.4, 0.5) is 0 Å². The minimum atomic E-state index is -0.424. The van der Waals surface area contributed by atoms with Gasteiger partial charge in [0.2, 0.25) is 5.91 Å². The molecule has 0 aromatic heterocycles. The Kier molecular flexibility index (Phi) is 3.90. The zero-order chi connectivity index (χ0) is 11.3. The molecule has 0 bridgehead atoms. The Labute approximate surface area is 88.9 Å². The van der Waals surface area contributed by atoms with Crippen molar-refractivity contribution in [3.63, 3.8) is 0 Å². The van der Waals surface area contributed by atoms with E-state index in [-0.39, 0.29) is 13.0 Å². The molecule has 3 nitrogen and oxygen atoms in total. The lowest BCUT2D eigenvalue weighted by molar-refractivity contribution is -0.117. The summed E-state index contributed by atoms with van der Waals surface area (Å²) >= 11 is 0. The van der Waals surface area contributed by atoms with Gasteiger partial charge in [-0.3, -0.25) is 4.79 Å². The van der Waals surface area contributed by atoms with Gasteiger partial charge in [-0.15, -0.1) is 0 Å². The third kappa shape index (κ3) is 3.45. The summed E-state index contributed by atoms with van der Waals surface area (Å²) < 4.78 is 0. The fraction of sp³-hybridized carbons (Fsp3) is 0.250. The van der Waals surface area contributed by atoms with Crippen LogP contribution < -0.4 is 5.73 Å². The molecular weight excluding hydrogens is 190 g/mol. The van der Waals surface area contributed by atoms with Gasteiger partial charge in [0.05, 0.1) is 13.0 Å².